The van der Waals surface area contributed by atoms with Gasteiger partial charge in [-0.1, -0.05) is 0 Å². The number of carbonyl (C=O) groups is 2. The molecule has 2 heterocycles. The summed E-state index contributed by atoms with van der Waals surface area (Å²) in [5, 5.41) is 17.2. The zero-order valence-corrected chi connectivity index (χ0v) is 12.6. The second kappa shape index (κ2) is 5.38. The fourth-order valence-electron chi connectivity index (χ4n) is 3.58. The Morgan fingerprint density at radius 2 is 1.95 bits per heavy atom. The Labute approximate surface area is 130 Å². The van der Waals surface area contributed by atoms with E-state index in [1.807, 2.05) is 4.90 Å². The lowest BCUT2D eigenvalue weighted by Crippen LogP contribution is -2.40. The Kier molecular flexibility index (Phi) is 3.67. The Bertz CT molecular complexity index is 549. The minimum atomic E-state index is -0.688. The van der Waals surface area contributed by atoms with E-state index in [-0.39, 0.29) is 17.2 Å². The maximum absolute atomic E-state index is 12.3. The highest BCUT2D eigenvalue weighted by atomic mass is 16.4. The molecule has 6 heteroatoms. The molecule has 22 heavy (non-hydrogen) atoms. The normalized spacial score (nSPS) is 26.5. The van der Waals surface area contributed by atoms with Gasteiger partial charge in [0.2, 0.25) is 5.91 Å². The van der Waals surface area contributed by atoms with Crippen LogP contribution in [0.5, 0.6) is 0 Å². The molecular formula is C16H21N3O3. The van der Waals surface area contributed by atoms with Crippen LogP contribution in [0.4, 0.5) is 0 Å². The summed E-state index contributed by atoms with van der Waals surface area (Å²) in [7, 11) is 0. The van der Waals surface area contributed by atoms with Gasteiger partial charge >= 0.3 is 5.97 Å². The molecule has 1 saturated carbocycles. The van der Waals surface area contributed by atoms with Gasteiger partial charge in [-0.15, -0.1) is 12.3 Å². The standard InChI is InChI=1S/C16H21N3O3/c1-2-3-5-16(17-18-16)6-4-13(20)19-9-7-15(8-10-19)11-12(15)14(21)22/h1,12H,3-11H2,(H,21,22). The van der Waals surface area contributed by atoms with E-state index < -0.39 is 11.6 Å². The second-order valence-corrected chi connectivity index (χ2v) is 6.72. The van der Waals surface area contributed by atoms with Crippen LogP contribution >= 0.6 is 0 Å². The topological polar surface area (TPSA) is 82.3 Å². The van der Waals surface area contributed by atoms with Gasteiger partial charge in [-0.05, 0) is 24.7 Å². The van der Waals surface area contributed by atoms with Gasteiger partial charge < -0.3 is 10.0 Å². The predicted octanol–water partition coefficient (Wildman–Crippen LogP) is 2.06. The van der Waals surface area contributed by atoms with E-state index in [9.17, 15) is 9.59 Å². The first-order chi connectivity index (χ1) is 10.5. The first-order valence-corrected chi connectivity index (χ1v) is 7.88. The van der Waals surface area contributed by atoms with E-state index in [1.54, 1.807) is 0 Å². The average Bonchev–Trinajstić information content (AvgIpc) is 3.41. The third kappa shape index (κ3) is 2.85. The van der Waals surface area contributed by atoms with Gasteiger partial charge in [0.25, 0.3) is 0 Å². The SMILES string of the molecule is C#CCCC1(CCC(=O)N2CCC3(CC2)CC3C(=O)O)N=N1. The van der Waals surface area contributed by atoms with Crippen molar-refractivity contribution >= 4 is 11.9 Å². The fraction of sp³-hybridized carbons (Fsp3) is 0.750. The zero-order valence-electron chi connectivity index (χ0n) is 12.6. The van der Waals surface area contributed by atoms with Crippen molar-refractivity contribution in [2.45, 2.75) is 50.6 Å². The van der Waals surface area contributed by atoms with Gasteiger partial charge in [0.15, 0.2) is 5.66 Å². The molecular weight excluding hydrogens is 282 g/mol. The molecule has 0 aromatic heterocycles. The lowest BCUT2D eigenvalue weighted by molar-refractivity contribution is -0.139. The van der Waals surface area contributed by atoms with Crippen molar-refractivity contribution in [2.24, 2.45) is 21.6 Å². The van der Waals surface area contributed by atoms with Crippen LogP contribution in [0.1, 0.15) is 44.9 Å². The van der Waals surface area contributed by atoms with Crippen molar-refractivity contribution in [3.8, 4) is 12.3 Å². The molecule has 1 N–H and O–H groups in total. The molecule has 2 aliphatic heterocycles. The van der Waals surface area contributed by atoms with E-state index in [4.69, 9.17) is 11.5 Å². The lowest BCUT2D eigenvalue weighted by atomic mass is 9.90. The van der Waals surface area contributed by atoms with Crippen LogP contribution in [-0.4, -0.2) is 40.6 Å². The van der Waals surface area contributed by atoms with Gasteiger partial charge in [0.05, 0.1) is 5.92 Å². The molecule has 3 aliphatic rings. The summed E-state index contributed by atoms with van der Waals surface area (Å²) in [5.74, 6) is 1.82. The number of carboxylic acid groups (broad SMARTS) is 1. The quantitative estimate of drug-likeness (QED) is 0.762. The fourth-order valence-corrected chi connectivity index (χ4v) is 3.58. The van der Waals surface area contributed by atoms with Crippen LogP contribution in [-0.2, 0) is 9.59 Å². The Hall–Kier alpha value is -1.90. The number of aliphatic carboxylic acids is 1. The largest absolute Gasteiger partial charge is 0.481 e. The molecule has 1 amide bonds. The van der Waals surface area contributed by atoms with E-state index >= 15 is 0 Å². The van der Waals surface area contributed by atoms with Crippen molar-refractivity contribution in [3.63, 3.8) is 0 Å². The molecule has 1 atom stereocenters. The monoisotopic (exact) mass is 303 g/mol. The summed E-state index contributed by atoms with van der Waals surface area (Å²) in [6.07, 6.45) is 10.1. The van der Waals surface area contributed by atoms with Crippen molar-refractivity contribution in [3.05, 3.63) is 0 Å². The molecule has 1 unspecified atom stereocenters. The van der Waals surface area contributed by atoms with Gasteiger partial charge in [-0.3, -0.25) is 9.59 Å². The molecule has 0 bridgehead atoms. The number of carboxylic acids is 1. The summed E-state index contributed by atoms with van der Waals surface area (Å²) in [4.78, 5) is 25.2. The van der Waals surface area contributed by atoms with Crippen molar-refractivity contribution in [1.29, 1.82) is 0 Å². The third-order valence-electron chi connectivity index (χ3n) is 5.39. The minimum absolute atomic E-state index is 0.0300. The molecule has 3 rings (SSSR count). The molecule has 0 radical (unpaired) electrons. The first-order valence-electron chi connectivity index (χ1n) is 7.88. The third-order valence-corrected chi connectivity index (χ3v) is 5.39. The number of nitrogens with zero attached hydrogens (tertiary/aromatic N) is 3. The van der Waals surface area contributed by atoms with E-state index in [0.717, 1.165) is 25.7 Å². The highest BCUT2D eigenvalue weighted by Gasteiger charge is 2.59. The maximum Gasteiger partial charge on any atom is 0.307 e. The molecule has 0 aromatic rings. The second-order valence-electron chi connectivity index (χ2n) is 6.72. The maximum atomic E-state index is 12.3. The average molecular weight is 303 g/mol. The Balaban J connectivity index is 1.42. The van der Waals surface area contributed by atoms with Gasteiger partial charge in [-0.2, -0.15) is 10.2 Å². The van der Waals surface area contributed by atoms with Crippen LogP contribution in [0.2, 0.25) is 0 Å². The van der Waals surface area contributed by atoms with Crippen LogP contribution in [0.25, 0.3) is 0 Å². The summed E-state index contributed by atoms with van der Waals surface area (Å²) in [6, 6.07) is 0. The molecule has 1 aliphatic carbocycles. The van der Waals surface area contributed by atoms with Gasteiger partial charge in [0.1, 0.15) is 0 Å². The minimum Gasteiger partial charge on any atom is -0.481 e. The van der Waals surface area contributed by atoms with E-state index in [2.05, 4.69) is 16.1 Å². The molecule has 118 valence electrons. The molecule has 0 aromatic carbocycles. The number of hydrogen-bond acceptors (Lipinski definition) is 4. The molecule has 2 fully saturated rings. The Morgan fingerprint density at radius 3 is 2.45 bits per heavy atom. The molecule has 1 saturated heterocycles. The summed E-state index contributed by atoms with van der Waals surface area (Å²) in [5.41, 5.74) is -0.429. The van der Waals surface area contributed by atoms with Gasteiger partial charge in [0, 0.05) is 38.8 Å². The number of piperidine rings is 1. The van der Waals surface area contributed by atoms with Crippen LogP contribution < -0.4 is 0 Å². The smallest absolute Gasteiger partial charge is 0.307 e. The van der Waals surface area contributed by atoms with Crippen LogP contribution in [0.15, 0.2) is 10.2 Å². The summed E-state index contributed by atoms with van der Waals surface area (Å²) >= 11 is 0. The van der Waals surface area contributed by atoms with Crippen molar-refractivity contribution in [2.75, 3.05) is 13.1 Å². The number of amides is 1. The highest BCUT2D eigenvalue weighted by molar-refractivity contribution is 5.77. The van der Waals surface area contributed by atoms with E-state index in [0.29, 0.717) is 32.4 Å². The van der Waals surface area contributed by atoms with E-state index in [1.165, 1.54) is 0 Å². The number of terminal acetylenes is 1. The first kappa shape index (κ1) is 15.0. The van der Waals surface area contributed by atoms with Crippen molar-refractivity contribution < 1.29 is 14.7 Å². The Morgan fingerprint density at radius 1 is 1.27 bits per heavy atom. The number of likely N-dealkylation sites (tertiary alicyclic amines) is 1. The lowest BCUT2D eigenvalue weighted by Gasteiger charge is -2.32. The molecule has 6 nitrogen and oxygen atoms in total. The highest BCUT2D eigenvalue weighted by Crippen LogP contribution is 2.59. The van der Waals surface area contributed by atoms with Crippen molar-refractivity contribution in [1.82, 2.24) is 4.90 Å². The predicted molar refractivity (Wildman–Crippen MR) is 78.9 cm³/mol. The number of hydrogen-bond donors (Lipinski definition) is 1. The van der Waals surface area contributed by atoms with Crippen LogP contribution in [0, 0.1) is 23.7 Å². The van der Waals surface area contributed by atoms with Crippen LogP contribution in [0.3, 0.4) is 0 Å². The van der Waals surface area contributed by atoms with Gasteiger partial charge in [-0.25, -0.2) is 0 Å². The summed E-state index contributed by atoms with van der Waals surface area (Å²) < 4.78 is 0. The number of rotatable bonds is 6. The summed E-state index contributed by atoms with van der Waals surface area (Å²) in [6.45, 7) is 1.35. The molecule has 1 spiro atoms. The zero-order chi connectivity index (χ0) is 15.8. The number of carbonyl (C=O) groups excluding carboxylic acids is 1.